The summed E-state index contributed by atoms with van der Waals surface area (Å²) in [6, 6.07) is 40.3. The van der Waals surface area contributed by atoms with E-state index in [1.807, 2.05) is 98.8 Å². The number of nitrogens with zero attached hydrogens (tertiary/aromatic N) is 3. The first-order valence-corrected chi connectivity index (χ1v) is 33.2. The van der Waals surface area contributed by atoms with Crippen LogP contribution in [0.25, 0.3) is 44.3 Å². The first kappa shape index (κ1) is 71.5. The Kier molecular flexibility index (Phi) is 25.4. The number of anilines is 2. The number of aromatic nitrogens is 4. The lowest BCUT2D eigenvalue weighted by Gasteiger charge is -2.32. The number of benzene rings is 5. The zero-order valence-corrected chi connectivity index (χ0v) is 55.8. The summed E-state index contributed by atoms with van der Waals surface area (Å²) in [7, 11) is 1.46. The maximum Gasteiger partial charge on any atom is 0.326 e. The van der Waals surface area contributed by atoms with Crippen LogP contribution in [-0.4, -0.2) is 142 Å². The molecule has 3 aromatic heterocycles. The number of rotatable bonds is 31. The van der Waals surface area contributed by atoms with Gasteiger partial charge in [-0.2, -0.15) is 0 Å². The molecule has 8 aromatic rings. The van der Waals surface area contributed by atoms with Gasteiger partial charge in [0.25, 0.3) is 5.56 Å². The van der Waals surface area contributed by atoms with E-state index in [1.165, 1.54) is 7.05 Å². The van der Waals surface area contributed by atoms with Crippen LogP contribution in [0.2, 0.25) is 0 Å². The number of amides is 7. The number of H-pyrrole nitrogens is 2. The molecular formula is C73H87N15O10. The summed E-state index contributed by atoms with van der Waals surface area (Å²) < 4.78 is 7.58. The van der Waals surface area contributed by atoms with Gasteiger partial charge in [0.05, 0.1) is 40.8 Å². The number of piperidine rings is 1. The SMILES string of the molecule is CNC(=O)[C@H](Cc1ccccc1)NC(=O)[C@H](COCC(C)C)NC(=O)[C@@H](NC(=O)[C@H](CCCNC(=N)Nc1ccccc1)NC(=O)CNC(=O)CCC(=O)Nc1ccc2[nH]c(=O)n(C3CCN(Cc4ccc(-c5nc6cc[nH]c(=O)c6cc5-c5ccccc5)cc4)CC3)c2c1)C(C)C. The highest BCUT2D eigenvalue weighted by atomic mass is 16.5. The molecule has 1 aliphatic rings. The number of ether oxygens (including phenoxy) is 1. The molecule has 4 atom stereocenters. The van der Waals surface area contributed by atoms with Gasteiger partial charge in [0.2, 0.25) is 41.4 Å². The zero-order chi connectivity index (χ0) is 69.7. The Balaban J connectivity index is 0.772. The maximum absolute atomic E-state index is 14.3. The van der Waals surface area contributed by atoms with Crippen molar-refractivity contribution < 1.29 is 38.3 Å². The van der Waals surface area contributed by atoms with Crippen molar-refractivity contribution in [1.82, 2.24) is 61.6 Å². The highest BCUT2D eigenvalue weighted by molar-refractivity contribution is 5.98. The van der Waals surface area contributed by atoms with Gasteiger partial charge < -0.3 is 62.6 Å². The van der Waals surface area contributed by atoms with Crippen molar-refractivity contribution in [3.8, 4) is 22.4 Å². The molecule has 9 rings (SSSR count). The van der Waals surface area contributed by atoms with E-state index in [2.05, 4.69) is 87.0 Å². The highest BCUT2D eigenvalue weighted by Gasteiger charge is 2.34. The molecule has 0 spiro atoms. The van der Waals surface area contributed by atoms with Gasteiger partial charge in [-0.3, -0.25) is 53.2 Å². The number of guanidine groups is 1. The molecule has 0 radical (unpaired) electrons. The van der Waals surface area contributed by atoms with E-state index in [9.17, 15) is 43.2 Å². The van der Waals surface area contributed by atoms with Gasteiger partial charge in [-0.1, -0.05) is 131 Å². The van der Waals surface area contributed by atoms with E-state index < -0.39 is 78.0 Å². The average Bonchev–Trinajstić information content (AvgIpc) is 1.34. The molecular weight excluding hydrogens is 1250 g/mol. The fourth-order valence-electron chi connectivity index (χ4n) is 11.7. The van der Waals surface area contributed by atoms with Crippen molar-refractivity contribution in [3.05, 3.63) is 184 Å². The summed E-state index contributed by atoms with van der Waals surface area (Å²) in [6.45, 7) is 9.08. The number of fused-ring (bicyclic) bond motifs is 2. The van der Waals surface area contributed by atoms with Crippen molar-refractivity contribution in [2.75, 3.05) is 57.1 Å². The molecule has 25 nitrogen and oxygen atoms in total. The number of para-hydroxylation sites is 1. The van der Waals surface area contributed by atoms with Gasteiger partial charge in [-0.25, -0.2) is 9.78 Å². The predicted molar refractivity (Wildman–Crippen MR) is 378 cm³/mol. The molecule has 0 aliphatic carbocycles. The van der Waals surface area contributed by atoms with E-state index in [0.717, 1.165) is 46.6 Å². The first-order chi connectivity index (χ1) is 47.3. The fourth-order valence-corrected chi connectivity index (χ4v) is 11.7. The van der Waals surface area contributed by atoms with Crippen molar-refractivity contribution in [3.63, 3.8) is 0 Å². The van der Waals surface area contributed by atoms with Crippen LogP contribution >= 0.6 is 0 Å². The first-order valence-electron chi connectivity index (χ1n) is 33.2. The minimum Gasteiger partial charge on any atom is -0.378 e. The molecule has 1 aliphatic heterocycles. The smallest absolute Gasteiger partial charge is 0.326 e. The number of carbonyl (C=O) groups excluding carboxylic acids is 7. The van der Waals surface area contributed by atoms with E-state index >= 15 is 0 Å². The van der Waals surface area contributed by atoms with Crippen LogP contribution in [0.5, 0.6) is 0 Å². The number of nitrogens with one attached hydrogen (secondary N) is 12. The van der Waals surface area contributed by atoms with Crippen molar-refractivity contribution in [2.24, 2.45) is 11.8 Å². The lowest BCUT2D eigenvalue weighted by Crippen LogP contribution is -2.60. The monoisotopic (exact) mass is 1330 g/mol. The van der Waals surface area contributed by atoms with Gasteiger partial charge >= 0.3 is 5.69 Å². The second-order valence-corrected chi connectivity index (χ2v) is 25.2. The Bertz CT molecular complexity index is 4190. The van der Waals surface area contributed by atoms with Gasteiger partial charge in [-0.05, 0) is 96.7 Å². The summed E-state index contributed by atoms with van der Waals surface area (Å²) in [5, 5.41) is 33.6. The molecule has 0 unspecified atom stereocenters. The van der Waals surface area contributed by atoms with Crippen molar-refractivity contribution in [1.29, 1.82) is 5.41 Å². The molecule has 0 bridgehead atoms. The summed E-state index contributed by atoms with van der Waals surface area (Å²) in [5.41, 5.74) is 7.93. The standard InChI is InChI=1S/C73H87N15O10/c1-45(2)43-98-44-60(70(95)83-59(68(93)75-5)38-47-16-9-6-10-17-47)84-71(96)65(46(3)4)86-69(94)58(22-15-34-77-72(74)80-51-20-13-8-14-21-51)81-64(91)41-78-62(89)29-30-63(90)79-52-27-28-57-61(39-52)88(73(97)85-57)53-32-36-87(37-33-53)42-48-23-25-50(26-24-48)66-54(49-18-11-7-12-19-49)40-55-56(82-66)31-35-76-67(55)92/h6-14,16-21,23-28,31,35,39-40,45-46,53,58-60,65H,15,22,29-30,32-34,36-38,41-44H2,1-5H3,(H,75,93)(H,76,92)(H,78,89)(H,79,90)(H,81,91)(H,83,95)(H,84,96)(H,85,97)(H,86,94)(H3,74,77,80)/t58-,59-,60-,65-/m0/s1. The minimum atomic E-state index is -1.28. The van der Waals surface area contributed by atoms with E-state index in [0.29, 0.717) is 52.7 Å². The van der Waals surface area contributed by atoms with Gasteiger partial charge in [-0.15, -0.1) is 0 Å². The second-order valence-electron chi connectivity index (χ2n) is 25.2. The summed E-state index contributed by atoms with van der Waals surface area (Å²) in [4.78, 5) is 135. The number of likely N-dealkylation sites (tertiary alicyclic amines) is 1. The van der Waals surface area contributed by atoms with Crippen molar-refractivity contribution >= 4 is 80.6 Å². The number of aromatic amines is 2. The highest BCUT2D eigenvalue weighted by Crippen LogP contribution is 2.34. The lowest BCUT2D eigenvalue weighted by atomic mass is 9.97. The fraction of sp³-hybridized carbons (Fsp3) is 0.356. The third kappa shape index (κ3) is 20.1. The number of imidazole rings is 1. The Morgan fingerprint density at radius 3 is 2.01 bits per heavy atom. The average molecular weight is 1330 g/mol. The normalized spacial score (nSPS) is 13.8. The van der Waals surface area contributed by atoms with Crippen LogP contribution < -0.4 is 59.1 Å². The maximum atomic E-state index is 14.3. The number of carbonyl (C=O) groups is 7. The zero-order valence-electron chi connectivity index (χ0n) is 55.8. The number of hydrogen-bond acceptors (Lipinski definition) is 13. The van der Waals surface area contributed by atoms with Gasteiger partial charge in [0, 0.05) is 93.8 Å². The minimum absolute atomic E-state index is 0.00337. The van der Waals surface area contributed by atoms with Gasteiger partial charge in [0.15, 0.2) is 5.96 Å². The van der Waals surface area contributed by atoms with E-state index in [4.69, 9.17) is 15.1 Å². The van der Waals surface area contributed by atoms with Crippen molar-refractivity contribution in [2.45, 2.75) is 109 Å². The summed E-state index contributed by atoms with van der Waals surface area (Å²) in [6.07, 6.45) is 2.93. The Labute approximate surface area is 568 Å². The molecule has 1 saturated heterocycles. The van der Waals surface area contributed by atoms with E-state index in [-0.39, 0.29) is 81.0 Å². The number of hydrogen-bond donors (Lipinski definition) is 12. The molecule has 7 amide bonds. The molecule has 0 saturated carbocycles. The molecule has 98 heavy (non-hydrogen) atoms. The van der Waals surface area contributed by atoms with Gasteiger partial charge in [0.1, 0.15) is 24.2 Å². The second kappa shape index (κ2) is 34.8. The third-order valence-electron chi connectivity index (χ3n) is 16.9. The number of pyridine rings is 2. The lowest BCUT2D eigenvalue weighted by molar-refractivity contribution is -0.136. The van der Waals surface area contributed by atoms with Crippen LogP contribution in [-0.2, 0) is 51.3 Å². The summed E-state index contributed by atoms with van der Waals surface area (Å²) >= 11 is 0. The molecule has 4 heterocycles. The van der Waals surface area contributed by atoms with Crippen LogP contribution in [0.1, 0.15) is 83.4 Å². The topological polar surface area (TPSA) is 348 Å². The van der Waals surface area contributed by atoms with Crippen LogP contribution in [0.3, 0.4) is 0 Å². The Morgan fingerprint density at radius 2 is 1.32 bits per heavy atom. The largest absolute Gasteiger partial charge is 0.378 e. The Hall–Kier alpha value is -10.8. The molecule has 1 fully saturated rings. The Morgan fingerprint density at radius 1 is 0.643 bits per heavy atom. The molecule has 12 N–H and O–H groups in total. The van der Waals surface area contributed by atoms with Crippen LogP contribution in [0.15, 0.2) is 161 Å². The van der Waals surface area contributed by atoms with E-state index in [1.54, 1.807) is 61.0 Å². The van der Waals surface area contributed by atoms with Crippen LogP contribution in [0.4, 0.5) is 11.4 Å². The molecule has 25 heteroatoms. The van der Waals surface area contributed by atoms with Crippen LogP contribution in [0, 0.1) is 17.2 Å². The third-order valence-corrected chi connectivity index (χ3v) is 16.9. The number of likely N-dealkylation sites (N-methyl/N-ethyl adjacent to an activating group) is 1. The predicted octanol–water partition coefficient (Wildman–Crippen LogP) is 6.25. The quantitative estimate of drug-likeness (QED) is 0.0130. The molecule has 5 aromatic carbocycles. The molecule has 514 valence electrons. The summed E-state index contributed by atoms with van der Waals surface area (Å²) in [5.74, 6) is -4.89.